The van der Waals surface area contributed by atoms with Crippen molar-refractivity contribution < 1.29 is 0 Å². The highest BCUT2D eigenvalue weighted by atomic mass is 79.9. The number of thiazole rings is 1. The van der Waals surface area contributed by atoms with Gasteiger partial charge in [-0.1, -0.05) is 41.9 Å². The first-order valence-electron chi connectivity index (χ1n) is 5.30. The SMILES string of the molecule is Cc1ccc(-c2ncc(C(C)C)s2)cc1Br. The summed E-state index contributed by atoms with van der Waals surface area (Å²) >= 11 is 5.33. The summed E-state index contributed by atoms with van der Waals surface area (Å²) in [4.78, 5) is 5.82. The highest BCUT2D eigenvalue weighted by molar-refractivity contribution is 9.10. The van der Waals surface area contributed by atoms with Crippen LogP contribution < -0.4 is 0 Å². The van der Waals surface area contributed by atoms with Crippen molar-refractivity contribution in [2.24, 2.45) is 0 Å². The lowest BCUT2D eigenvalue weighted by Crippen LogP contribution is -1.79. The molecule has 1 aromatic carbocycles. The Kier molecular flexibility index (Phi) is 3.45. The summed E-state index contributed by atoms with van der Waals surface area (Å²) in [6, 6.07) is 6.39. The maximum absolute atomic E-state index is 4.48. The molecule has 0 fully saturated rings. The van der Waals surface area contributed by atoms with E-state index in [2.05, 4.69) is 59.9 Å². The van der Waals surface area contributed by atoms with Crippen LogP contribution in [0.1, 0.15) is 30.2 Å². The van der Waals surface area contributed by atoms with E-state index in [0.29, 0.717) is 5.92 Å². The molecule has 1 aromatic heterocycles. The van der Waals surface area contributed by atoms with Gasteiger partial charge in [-0.2, -0.15) is 0 Å². The monoisotopic (exact) mass is 295 g/mol. The zero-order chi connectivity index (χ0) is 11.7. The van der Waals surface area contributed by atoms with Crippen LogP contribution in [-0.4, -0.2) is 4.98 Å². The summed E-state index contributed by atoms with van der Waals surface area (Å²) in [5.41, 5.74) is 2.44. The molecule has 0 N–H and O–H groups in total. The Morgan fingerprint density at radius 1 is 1.31 bits per heavy atom. The predicted octanol–water partition coefficient (Wildman–Crippen LogP) is 5.00. The first kappa shape index (κ1) is 11.8. The topological polar surface area (TPSA) is 12.9 Å². The van der Waals surface area contributed by atoms with Gasteiger partial charge in [0.25, 0.3) is 0 Å². The van der Waals surface area contributed by atoms with E-state index in [-0.39, 0.29) is 0 Å². The van der Waals surface area contributed by atoms with Crippen LogP contribution in [0.2, 0.25) is 0 Å². The third-order valence-corrected chi connectivity index (χ3v) is 4.71. The summed E-state index contributed by atoms with van der Waals surface area (Å²) in [6.07, 6.45) is 1.98. The molecule has 0 aliphatic rings. The van der Waals surface area contributed by atoms with Gasteiger partial charge in [0.1, 0.15) is 5.01 Å². The van der Waals surface area contributed by atoms with Crippen LogP contribution in [-0.2, 0) is 0 Å². The Hall–Kier alpha value is -0.670. The van der Waals surface area contributed by atoms with Crippen LogP contribution in [0.15, 0.2) is 28.9 Å². The van der Waals surface area contributed by atoms with E-state index in [4.69, 9.17) is 0 Å². The molecule has 1 heterocycles. The van der Waals surface area contributed by atoms with Crippen LogP contribution >= 0.6 is 27.3 Å². The van der Waals surface area contributed by atoms with Gasteiger partial charge in [0.05, 0.1) is 0 Å². The molecule has 2 aromatic rings. The molecule has 84 valence electrons. The van der Waals surface area contributed by atoms with Crippen LogP contribution in [0.25, 0.3) is 10.6 Å². The molecule has 3 heteroatoms. The maximum atomic E-state index is 4.48. The average molecular weight is 296 g/mol. The Bertz CT molecular complexity index is 502. The Labute approximate surface area is 109 Å². The van der Waals surface area contributed by atoms with Gasteiger partial charge in [-0.15, -0.1) is 11.3 Å². The first-order chi connectivity index (χ1) is 7.58. The second kappa shape index (κ2) is 4.68. The van der Waals surface area contributed by atoms with Crippen LogP contribution in [0.4, 0.5) is 0 Å². The highest BCUT2D eigenvalue weighted by Crippen LogP contribution is 2.31. The minimum Gasteiger partial charge on any atom is -0.244 e. The second-order valence-corrected chi connectivity index (χ2v) is 6.10. The number of aryl methyl sites for hydroxylation is 1. The fourth-order valence-electron chi connectivity index (χ4n) is 1.41. The third-order valence-electron chi connectivity index (χ3n) is 2.51. The summed E-state index contributed by atoms with van der Waals surface area (Å²) in [7, 11) is 0. The van der Waals surface area contributed by atoms with Crippen molar-refractivity contribution in [3.63, 3.8) is 0 Å². The van der Waals surface area contributed by atoms with E-state index >= 15 is 0 Å². The highest BCUT2D eigenvalue weighted by Gasteiger charge is 2.08. The predicted molar refractivity (Wildman–Crippen MR) is 74.1 cm³/mol. The summed E-state index contributed by atoms with van der Waals surface area (Å²) in [5, 5.41) is 1.10. The van der Waals surface area contributed by atoms with Gasteiger partial charge in [0.2, 0.25) is 0 Å². The first-order valence-corrected chi connectivity index (χ1v) is 6.91. The standard InChI is InChI=1S/C13H14BrNS/c1-8(2)12-7-15-13(16-12)10-5-4-9(3)11(14)6-10/h4-8H,1-3H3. The number of nitrogens with zero attached hydrogens (tertiary/aromatic N) is 1. The summed E-state index contributed by atoms with van der Waals surface area (Å²) in [5.74, 6) is 0.556. The van der Waals surface area contributed by atoms with Gasteiger partial charge >= 0.3 is 0 Å². The van der Waals surface area contributed by atoms with E-state index in [1.807, 2.05) is 6.20 Å². The number of benzene rings is 1. The molecule has 0 aliphatic carbocycles. The number of halogens is 1. The maximum Gasteiger partial charge on any atom is 0.123 e. The van der Waals surface area contributed by atoms with Crippen molar-refractivity contribution in [1.82, 2.24) is 4.98 Å². The number of rotatable bonds is 2. The van der Waals surface area contributed by atoms with Crippen LogP contribution in [0.5, 0.6) is 0 Å². The zero-order valence-corrected chi connectivity index (χ0v) is 12.0. The second-order valence-electron chi connectivity index (χ2n) is 4.19. The number of hydrogen-bond acceptors (Lipinski definition) is 2. The molecule has 2 rings (SSSR count). The molecule has 1 nitrogen and oxygen atoms in total. The van der Waals surface area contributed by atoms with Crippen molar-refractivity contribution >= 4 is 27.3 Å². The molecular formula is C13H14BrNS. The van der Waals surface area contributed by atoms with E-state index in [1.165, 1.54) is 16.0 Å². The number of hydrogen-bond donors (Lipinski definition) is 0. The normalized spacial score (nSPS) is 11.1. The molecule has 0 spiro atoms. The van der Waals surface area contributed by atoms with Crippen molar-refractivity contribution in [2.45, 2.75) is 26.7 Å². The van der Waals surface area contributed by atoms with Gasteiger partial charge in [0.15, 0.2) is 0 Å². The Morgan fingerprint density at radius 2 is 2.06 bits per heavy atom. The molecular weight excluding hydrogens is 282 g/mol. The zero-order valence-electron chi connectivity index (χ0n) is 9.62. The van der Waals surface area contributed by atoms with Crippen molar-refractivity contribution in [3.05, 3.63) is 39.3 Å². The largest absolute Gasteiger partial charge is 0.244 e. The van der Waals surface area contributed by atoms with Crippen LogP contribution in [0.3, 0.4) is 0 Å². The van der Waals surface area contributed by atoms with Crippen molar-refractivity contribution in [1.29, 1.82) is 0 Å². The Balaban J connectivity index is 2.39. The summed E-state index contributed by atoms with van der Waals surface area (Å²) < 4.78 is 1.14. The minimum atomic E-state index is 0.556. The van der Waals surface area contributed by atoms with E-state index in [9.17, 15) is 0 Å². The lowest BCUT2D eigenvalue weighted by molar-refractivity contribution is 0.885. The van der Waals surface area contributed by atoms with Gasteiger partial charge in [-0.25, -0.2) is 4.98 Å². The lowest BCUT2D eigenvalue weighted by atomic mass is 10.2. The lowest BCUT2D eigenvalue weighted by Gasteiger charge is -2.01. The smallest absolute Gasteiger partial charge is 0.123 e. The number of aromatic nitrogens is 1. The van der Waals surface area contributed by atoms with E-state index < -0.39 is 0 Å². The fraction of sp³-hybridized carbons (Fsp3) is 0.308. The molecule has 0 bridgehead atoms. The quantitative estimate of drug-likeness (QED) is 0.759. The van der Waals surface area contributed by atoms with E-state index in [1.54, 1.807) is 11.3 Å². The molecule has 0 saturated heterocycles. The van der Waals surface area contributed by atoms with Gasteiger partial charge in [-0.3, -0.25) is 0 Å². The molecule has 0 aliphatic heterocycles. The van der Waals surface area contributed by atoms with Crippen molar-refractivity contribution in [3.8, 4) is 10.6 Å². The molecule has 0 unspecified atom stereocenters. The molecule has 0 atom stereocenters. The summed E-state index contributed by atoms with van der Waals surface area (Å²) in [6.45, 7) is 6.49. The minimum absolute atomic E-state index is 0.556. The van der Waals surface area contributed by atoms with Crippen LogP contribution in [0, 0.1) is 6.92 Å². The molecule has 0 amide bonds. The fourth-order valence-corrected chi connectivity index (χ4v) is 2.71. The van der Waals surface area contributed by atoms with Crippen molar-refractivity contribution in [2.75, 3.05) is 0 Å². The van der Waals surface area contributed by atoms with Gasteiger partial charge in [0, 0.05) is 21.1 Å². The van der Waals surface area contributed by atoms with E-state index in [0.717, 1.165) is 9.48 Å². The molecule has 0 saturated carbocycles. The molecule has 0 radical (unpaired) electrons. The molecule has 16 heavy (non-hydrogen) atoms. The third kappa shape index (κ3) is 2.36. The average Bonchev–Trinajstić information content (AvgIpc) is 2.71. The Morgan fingerprint density at radius 3 is 2.62 bits per heavy atom. The van der Waals surface area contributed by atoms with Gasteiger partial charge < -0.3 is 0 Å². The van der Waals surface area contributed by atoms with Gasteiger partial charge in [-0.05, 0) is 24.5 Å².